The molecule has 0 unspecified atom stereocenters. The molecular formula is C24H20N2O2. The number of nitrogens with zero attached hydrogens (tertiary/aromatic N) is 2. The Morgan fingerprint density at radius 1 is 0.607 bits per heavy atom. The van der Waals surface area contributed by atoms with Gasteiger partial charge in [0, 0.05) is 24.0 Å². The van der Waals surface area contributed by atoms with Crippen LogP contribution in [0.3, 0.4) is 0 Å². The van der Waals surface area contributed by atoms with Gasteiger partial charge in [0.05, 0.1) is 0 Å². The number of benzene rings is 2. The van der Waals surface area contributed by atoms with Crippen molar-refractivity contribution >= 4 is 0 Å². The van der Waals surface area contributed by atoms with Gasteiger partial charge < -0.3 is 9.47 Å². The van der Waals surface area contributed by atoms with Crippen molar-refractivity contribution in [3.05, 3.63) is 108 Å². The molecule has 28 heavy (non-hydrogen) atoms. The van der Waals surface area contributed by atoms with Crippen LogP contribution >= 0.6 is 0 Å². The number of aromatic nitrogens is 2. The van der Waals surface area contributed by atoms with E-state index in [9.17, 15) is 0 Å². The highest BCUT2D eigenvalue weighted by atomic mass is 16.5. The Morgan fingerprint density at radius 2 is 1.21 bits per heavy atom. The molecule has 4 rings (SSSR count). The third-order valence-electron chi connectivity index (χ3n) is 4.27. The molecule has 0 atom stereocenters. The van der Waals surface area contributed by atoms with Crippen LogP contribution in [-0.4, -0.2) is 9.97 Å². The highest BCUT2D eigenvalue weighted by Gasteiger charge is 2.11. The van der Waals surface area contributed by atoms with Gasteiger partial charge in [-0.05, 0) is 34.9 Å². The van der Waals surface area contributed by atoms with Gasteiger partial charge in [0.15, 0.2) is 0 Å². The summed E-state index contributed by atoms with van der Waals surface area (Å²) in [6, 6.07) is 27.8. The maximum atomic E-state index is 6.06. The van der Waals surface area contributed by atoms with Crippen LogP contribution in [0, 0.1) is 0 Å². The third-order valence-corrected chi connectivity index (χ3v) is 4.27. The van der Waals surface area contributed by atoms with Crippen LogP contribution in [-0.2, 0) is 13.2 Å². The van der Waals surface area contributed by atoms with Crippen molar-refractivity contribution in [1.29, 1.82) is 0 Å². The Kier molecular flexibility index (Phi) is 5.59. The molecule has 0 N–H and O–H groups in total. The molecule has 0 spiro atoms. The predicted octanol–water partition coefficient (Wildman–Crippen LogP) is 5.30. The van der Waals surface area contributed by atoms with Gasteiger partial charge in [0.1, 0.15) is 13.2 Å². The van der Waals surface area contributed by atoms with Crippen molar-refractivity contribution in [3.8, 4) is 22.9 Å². The summed E-state index contributed by atoms with van der Waals surface area (Å²) >= 11 is 0. The molecule has 2 aromatic heterocycles. The van der Waals surface area contributed by atoms with E-state index in [1.54, 1.807) is 12.4 Å². The molecular weight excluding hydrogens is 348 g/mol. The Bertz CT molecular complexity index is 1010. The van der Waals surface area contributed by atoms with Crippen LogP contribution in [0.25, 0.3) is 11.1 Å². The zero-order chi connectivity index (χ0) is 19.0. The fourth-order valence-corrected chi connectivity index (χ4v) is 2.82. The Labute approximate surface area is 164 Å². The average Bonchev–Trinajstić information content (AvgIpc) is 2.78. The summed E-state index contributed by atoms with van der Waals surface area (Å²) in [5.74, 6) is 1.07. The maximum Gasteiger partial charge on any atom is 0.225 e. The minimum atomic E-state index is 0.439. The molecule has 0 saturated heterocycles. The van der Waals surface area contributed by atoms with E-state index in [1.165, 1.54) is 0 Å². The Morgan fingerprint density at radius 3 is 1.86 bits per heavy atom. The van der Waals surface area contributed by atoms with E-state index in [0.29, 0.717) is 25.0 Å². The molecule has 0 amide bonds. The molecule has 2 aromatic carbocycles. The fourth-order valence-electron chi connectivity index (χ4n) is 2.82. The number of ether oxygens (including phenoxy) is 2. The van der Waals surface area contributed by atoms with E-state index >= 15 is 0 Å². The minimum Gasteiger partial charge on any atom is -0.473 e. The van der Waals surface area contributed by atoms with Crippen LogP contribution in [0.15, 0.2) is 97.3 Å². The van der Waals surface area contributed by atoms with Gasteiger partial charge >= 0.3 is 0 Å². The summed E-state index contributed by atoms with van der Waals surface area (Å²) in [4.78, 5) is 8.70. The quantitative estimate of drug-likeness (QED) is 0.444. The summed E-state index contributed by atoms with van der Waals surface area (Å²) in [7, 11) is 0. The summed E-state index contributed by atoms with van der Waals surface area (Å²) in [5, 5.41) is 0. The molecule has 4 aromatic rings. The SMILES string of the molecule is c1ccc(COc2ccc(-c3ccncc3)c(OCc3ccccc3)n2)cc1. The third kappa shape index (κ3) is 4.54. The van der Waals surface area contributed by atoms with Gasteiger partial charge in [0.25, 0.3) is 0 Å². The molecule has 0 aliphatic heterocycles. The molecule has 0 fully saturated rings. The number of pyridine rings is 2. The van der Waals surface area contributed by atoms with Gasteiger partial charge in [-0.15, -0.1) is 0 Å². The van der Waals surface area contributed by atoms with Crippen molar-refractivity contribution in [2.45, 2.75) is 13.2 Å². The first kappa shape index (κ1) is 17.7. The van der Waals surface area contributed by atoms with Crippen molar-refractivity contribution < 1.29 is 9.47 Å². The number of hydrogen-bond donors (Lipinski definition) is 0. The van der Waals surface area contributed by atoms with E-state index in [-0.39, 0.29) is 0 Å². The Balaban J connectivity index is 1.57. The molecule has 0 aliphatic rings. The van der Waals surface area contributed by atoms with Crippen LogP contribution in [0.1, 0.15) is 11.1 Å². The van der Waals surface area contributed by atoms with Gasteiger partial charge in [0.2, 0.25) is 11.8 Å². The molecule has 4 nitrogen and oxygen atoms in total. The molecule has 0 bridgehead atoms. The first-order chi connectivity index (χ1) is 13.9. The van der Waals surface area contributed by atoms with Gasteiger partial charge in [-0.2, -0.15) is 4.98 Å². The van der Waals surface area contributed by atoms with Crippen LogP contribution in [0.5, 0.6) is 11.8 Å². The van der Waals surface area contributed by atoms with E-state index in [0.717, 1.165) is 22.3 Å². The lowest BCUT2D eigenvalue weighted by Crippen LogP contribution is -2.02. The second kappa shape index (κ2) is 8.82. The first-order valence-corrected chi connectivity index (χ1v) is 9.13. The lowest BCUT2D eigenvalue weighted by atomic mass is 10.1. The van der Waals surface area contributed by atoms with E-state index in [1.807, 2.05) is 84.9 Å². The van der Waals surface area contributed by atoms with Crippen LogP contribution in [0.2, 0.25) is 0 Å². The largest absolute Gasteiger partial charge is 0.473 e. The summed E-state index contributed by atoms with van der Waals surface area (Å²) < 4.78 is 11.9. The van der Waals surface area contributed by atoms with E-state index in [2.05, 4.69) is 9.97 Å². The number of rotatable bonds is 7. The zero-order valence-corrected chi connectivity index (χ0v) is 15.4. The summed E-state index contributed by atoms with van der Waals surface area (Å²) in [6.45, 7) is 0.897. The van der Waals surface area contributed by atoms with Crippen molar-refractivity contribution in [1.82, 2.24) is 9.97 Å². The van der Waals surface area contributed by atoms with E-state index in [4.69, 9.17) is 9.47 Å². The van der Waals surface area contributed by atoms with Crippen LogP contribution < -0.4 is 9.47 Å². The van der Waals surface area contributed by atoms with Crippen LogP contribution in [0.4, 0.5) is 0 Å². The molecule has 0 saturated carbocycles. The van der Waals surface area contributed by atoms with Gasteiger partial charge in [-0.25, -0.2) is 0 Å². The van der Waals surface area contributed by atoms with Crippen molar-refractivity contribution in [2.75, 3.05) is 0 Å². The standard InChI is InChI=1S/C24H20N2O2/c1-3-7-19(8-4-1)17-27-23-12-11-22(21-13-15-25-16-14-21)24(26-23)28-18-20-9-5-2-6-10-20/h1-16H,17-18H2. The summed E-state index contributed by atoms with van der Waals surface area (Å²) in [6.07, 6.45) is 3.52. The summed E-state index contributed by atoms with van der Waals surface area (Å²) in [5.41, 5.74) is 4.08. The van der Waals surface area contributed by atoms with E-state index < -0.39 is 0 Å². The molecule has 4 heteroatoms. The molecule has 138 valence electrons. The molecule has 2 heterocycles. The van der Waals surface area contributed by atoms with Gasteiger partial charge in [-0.3, -0.25) is 4.98 Å². The monoisotopic (exact) mass is 368 g/mol. The lowest BCUT2D eigenvalue weighted by Gasteiger charge is -2.13. The highest BCUT2D eigenvalue weighted by molar-refractivity contribution is 5.68. The normalized spacial score (nSPS) is 10.4. The predicted molar refractivity (Wildman–Crippen MR) is 109 cm³/mol. The molecule has 0 radical (unpaired) electrons. The fraction of sp³-hybridized carbons (Fsp3) is 0.0833. The second-order valence-electron chi connectivity index (χ2n) is 6.29. The zero-order valence-electron chi connectivity index (χ0n) is 15.4. The topological polar surface area (TPSA) is 44.2 Å². The minimum absolute atomic E-state index is 0.439. The number of hydrogen-bond acceptors (Lipinski definition) is 4. The first-order valence-electron chi connectivity index (χ1n) is 9.13. The van der Waals surface area contributed by atoms with Crippen molar-refractivity contribution in [3.63, 3.8) is 0 Å². The Hall–Kier alpha value is -3.66. The smallest absolute Gasteiger partial charge is 0.225 e. The van der Waals surface area contributed by atoms with Crippen molar-refractivity contribution in [2.24, 2.45) is 0 Å². The average molecular weight is 368 g/mol. The second-order valence-corrected chi connectivity index (χ2v) is 6.29. The van der Waals surface area contributed by atoms with Gasteiger partial charge in [-0.1, -0.05) is 60.7 Å². The highest BCUT2D eigenvalue weighted by Crippen LogP contribution is 2.31. The molecule has 0 aliphatic carbocycles. The lowest BCUT2D eigenvalue weighted by molar-refractivity contribution is 0.268. The maximum absolute atomic E-state index is 6.06.